The first-order valence-corrected chi connectivity index (χ1v) is 7.99. The van der Waals surface area contributed by atoms with Crippen LogP contribution in [0.1, 0.15) is 50.3 Å². The van der Waals surface area contributed by atoms with Crippen molar-refractivity contribution in [2.75, 3.05) is 0 Å². The second-order valence-corrected chi connectivity index (χ2v) is 6.09. The van der Waals surface area contributed by atoms with Gasteiger partial charge in [0.2, 0.25) is 0 Å². The minimum atomic E-state index is 0.534. The molecule has 0 N–H and O–H groups in total. The molecule has 0 aliphatic heterocycles. The van der Waals surface area contributed by atoms with Crippen molar-refractivity contribution in [3.63, 3.8) is 0 Å². The van der Waals surface area contributed by atoms with Crippen LogP contribution < -0.4 is 0 Å². The first-order valence-electron chi connectivity index (χ1n) is 7.99. The maximum absolute atomic E-state index is 5.02. The summed E-state index contributed by atoms with van der Waals surface area (Å²) in [6.45, 7) is 6.75. The topological polar surface area (TPSA) is 12.9 Å². The Kier molecular flexibility index (Phi) is 3.92. The molecule has 0 saturated carbocycles. The monoisotopic (exact) mass is 277 g/mol. The van der Waals surface area contributed by atoms with E-state index >= 15 is 0 Å². The molecule has 0 amide bonds. The molecule has 0 saturated heterocycles. The highest BCUT2D eigenvalue weighted by Gasteiger charge is 2.11. The Morgan fingerprint density at radius 2 is 1.86 bits per heavy atom. The van der Waals surface area contributed by atoms with Crippen molar-refractivity contribution in [2.45, 2.75) is 46.0 Å². The number of fused-ring (bicyclic) bond motifs is 3. The Labute approximate surface area is 127 Å². The summed E-state index contributed by atoms with van der Waals surface area (Å²) in [6.07, 6.45) is 3.74. The number of pyridine rings is 1. The quantitative estimate of drug-likeness (QED) is 0.534. The van der Waals surface area contributed by atoms with Crippen molar-refractivity contribution in [1.29, 1.82) is 0 Å². The van der Waals surface area contributed by atoms with E-state index in [1.165, 1.54) is 46.7 Å². The van der Waals surface area contributed by atoms with Crippen molar-refractivity contribution in [3.05, 3.63) is 53.7 Å². The van der Waals surface area contributed by atoms with E-state index in [0.29, 0.717) is 5.92 Å². The van der Waals surface area contributed by atoms with Crippen LogP contribution in [0.25, 0.3) is 21.7 Å². The Morgan fingerprint density at radius 1 is 1.05 bits per heavy atom. The molecule has 1 heterocycles. The van der Waals surface area contributed by atoms with E-state index in [2.05, 4.69) is 63.2 Å². The summed E-state index contributed by atoms with van der Waals surface area (Å²) in [4.78, 5) is 5.02. The lowest BCUT2D eigenvalue weighted by Gasteiger charge is -2.14. The molecule has 0 fully saturated rings. The summed E-state index contributed by atoms with van der Waals surface area (Å²) in [5.41, 5.74) is 3.74. The van der Waals surface area contributed by atoms with E-state index in [1.54, 1.807) is 0 Å². The van der Waals surface area contributed by atoms with Crippen molar-refractivity contribution in [3.8, 4) is 0 Å². The standard InChI is InChI=1S/C20H23N/c1-4-5-8-14(2)19-13-15(3)17-12-11-16-9-6-7-10-18(16)20(17)21-19/h6-7,9-14H,4-5,8H2,1-3H3. The first-order chi connectivity index (χ1) is 10.2. The van der Waals surface area contributed by atoms with Gasteiger partial charge >= 0.3 is 0 Å². The molecule has 21 heavy (non-hydrogen) atoms. The molecular weight excluding hydrogens is 254 g/mol. The van der Waals surface area contributed by atoms with Crippen LogP contribution in [0.5, 0.6) is 0 Å². The van der Waals surface area contributed by atoms with Crippen LogP contribution in [-0.2, 0) is 0 Å². The lowest BCUT2D eigenvalue weighted by atomic mass is 9.96. The smallest absolute Gasteiger partial charge is 0.0786 e. The van der Waals surface area contributed by atoms with Gasteiger partial charge in [0, 0.05) is 16.5 Å². The van der Waals surface area contributed by atoms with E-state index in [4.69, 9.17) is 4.98 Å². The van der Waals surface area contributed by atoms with Crippen LogP contribution in [0.2, 0.25) is 0 Å². The Morgan fingerprint density at radius 3 is 2.67 bits per heavy atom. The number of benzene rings is 2. The molecule has 1 nitrogen and oxygen atoms in total. The number of aryl methyl sites for hydroxylation is 1. The average Bonchev–Trinajstić information content (AvgIpc) is 2.52. The molecule has 2 aromatic carbocycles. The Bertz CT molecular complexity index is 773. The highest BCUT2D eigenvalue weighted by atomic mass is 14.7. The SMILES string of the molecule is CCCCC(C)c1cc(C)c2ccc3ccccc3c2n1. The lowest BCUT2D eigenvalue weighted by Crippen LogP contribution is -1.99. The van der Waals surface area contributed by atoms with Gasteiger partial charge in [-0.2, -0.15) is 0 Å². The van der Waals surface area contributed by atoms with E-state index in [9.17, 15) is 0 Å². The van der Waals surface area contributed by atoms with Crippen LogP contribution in [-0.4, -0.2) is 4.98 Å². The largest absolute Gasteiger partial charge is 0.252 e. The van der Waals surface area contributed by atoms with Gasteiger partial charge in [0.25, 0.3) is 0 Å². The fraction of sp³-hybridized carbons (Fsp3) is 0.350. The summed E-state index contributed by atoms with van der Waals surface area (Å²) < 4.78 is 0. The van der Waals surface area contributed by atoms with Crippen molar-refractivity contribution in [2.24, 2.45) is 0 Å². The van der Waals surface area contributed by atoms with Crippen LogP contribution in [0.3, 0.4) is 0 Å². The van der Waals surface area contributed by atoms with Gasteiger partial charge in [-0.3, -0.25) is 4.98 Å². The van der Waals surface area contributed by atoms with Crippen molar-refractivity contribution >= 4 is 21.7 Å². The van der Waals surface area contributed by atoms with E-state index in [-0.39, 0.29) is 0 Å². The average molecular weight is 277 g/mol. The number of aromatic nitrogens is 1. The minimum Gasteiger partial charge on any atom is -0.252 e. The fourth-order valence-corrected chi connectivity index (χ4v) is 3.07. The van der Waals surface area contributed by atoms with Gasteiger partial charge in [-0.1, -0.05) is 63.1 Å². The van der Waals surface area contributed by atoms with Crippen LogP contribution >= 0.6 is 0 Å². The molecule has 3 aromatic rings. The van der Waals surface area contributed by atoms with Crippen LogP contribution in [0.15, 0.2) is 42.5 Å². The number of unbranched alkanes of at least 4 members (excludes halogenated alkanes) is 1. The Balaban J connectivity index is 2.18. The molecule has 0 bridgehead atoms. The summed E-state index contributed by atoms with van der Waals surface area (Å²) in [7, 11) is 0. The summed E-state index contributed by atoms with van der Waals surface area (Å²) in [5, 5.41) is 3.82. The maximum atomic E-state index is 5.02. The molecule has 0 aliphatic carbocycles. The molecule has 0 radical (unpaired) electrons. The van der Waals surface area contributed by atoms with Crippen molar-refractivity contribution < 1.29 is 0 Å². The second kappa shape index (κ2) is 5.85. The zero-order chi connectivity index (χ0) is 14.8. The summed E-state index contributed by atoms with van der Waals surface area (Å²) in [5.74, 6) is 0.534. The number of hydrogen-bond acceptors (Lipinski definition) is 1. The molecule has 0 aliphatic rings. The summed E-state index contributed by atoms with van der Waals surface area (Å²) in [6, 6.07) is 15.2. The molecule has 108 valence electrons. The molecule has 1 aromatic heterocycles. The van der Waals surface area contributed by atoms with Gasteiger partial charge in [0.15, 0.2) is 0 Å². The third-order valence-corrected chi connectivity index (χ3v) is 4.43. The van der Waals surface area contributed by atoms with Gasteiger partial charge in [0.05, 0.1) is 5.52 Å². The van der Waals surface area contributed by atoms with Gasteiger partial charge in [-0.15, -0.1) is 0 Å². The predicted molar refractivity (Wildman–Crippen MR) is 91.9 cm³/mol. The van der Waals surface area contributed by atoms with Crippen molar-refractivity contribution in [1.82, 2.24) is 4.98 Å². The molecule has 1 unspecified atom stereocenters. The molecule has 1 atom stereocenters. The molecule has 3 rings (SSSR count). The number of rotatable bonds is 4. The molecule has 0 spiro atoms. The van der Waals surface area contributed by atoms with Gasteiger partial charge in [-0.25, -0.2) is 0 Å². The van der Waals surface area contributed by atoms with Crippen LogP contribution in [0, 0.1) is 6.92 Å². The second-order valence-electron chi connectivity index (χ2n) is 6.09. The third-order valence-electron chi connectivity index (χ3n) is 4.43. The number of nitrogens with zero attached hydrogens (tertiary/aromatic N) is 1. The fourth-order valence-electron chi connectivity index (χ4n) is 3.07. The van der Waals surface area contributed by atoms with E-state index in [0.717, 1.165) is 5.52 Å². The minimum absolute atomic E-state index is 0.534. The predicted octanol–water partition coefficient (Wildman–Crippen LogP) is 5.99. The van der Waals surface area contributed by atoms with Gasteiger partial charge < -0.3 is 0 Å². The highest BCUT2D eigenvalue weighted by molar-refractivity contribution is 6.06. The summed E-state index contributed by atoms with van der Waals surface area (Å²) >= 11 is 0. The number of hydrogen-bond donors (Lipinski definition) is 0. The molecular formula is C20H23N. The van der Waals surface area contributed by atoms with Gasteiger partial charge in [-0.05, 0) is 36.3 Å². The van der Waals surface area contributed by atoms with E-state index < -0.39 is 0 Å². The maximum Gasteiger partial charge on any atom is 0.0786 e. The molecule has 1 heteroatoms. The highest BCUT2D eigenvalue weighted by Crippen LogP contribution is 2.29. The first kappa shape index (κ1) is 14.1. The zero-order valence-electron chi connectivity index (χ0n) is 13.2. The zero-order valence-corrected chi connectivity index (χ0v) is 13.2. The normalized spacial score (nSPS) is 12.9. The van der Waals surface area contributed by atoms with E-state index in [1.807, 2.05) is 0 Å². The Hall–Kier alpha value is -1.89. The lowest BCUT2D eigenvalue weighted by molar-refractivity contribution is 0.613. The third kappa shape index (κ3) is 2.65. The van der Waals surface area contributed by atoms with Crippen LogP contribution in [0.4, 0.5) is 0 Å². The van der Waals surface area contributed by atoms with Gasteiger partial charge in [0.1, 0.15) is 0 Å².